The van der Waals surface area contributed by atoms with Crippen molar-refractivity contribution in [1.82, 2.24) is 4.90 Å². The number of nitrogens with zero attached hydrogens (tertiary/aromatic N) is 1. The molecule has 1 aliphatic rings. The highest BCUT2D eigenvalue weighted by molar-refractivity contribution is 5.77. The van der Waals surface area contributed by atoms with E-state index in [2.05, 4.69) is 0 Å². The topological polar surface area (TPSA) is 29.5 Å². The van der Waals surface area contributed by atoms with Gasteiger partial charge in [0.2, 0.25) is 5.91 Å². The molecular formula is C13H17NO2. The van der Waals surface area contributed by atoms with Crippen molar-refractivity contribution >= 4 is 5.91 Å². The molecule has 1 saturated heterocycles. The Balaban J connectivity index is 1.86. The van der Waals surface area contributed by atoms with Crippen LogP contribution in [0.15, 0.2) is 24.3 Å². The van der Waals surface area contributed by atoms with E-state index >= 15 is 0 Å². The number of hydrogen-bond donors (Lipinski definition) is 0. The molecular weight excluding hydrogens is 202 g/mol. The van der Waals surface area contributed by atoms with E-state index in [4.69, 9.17) is 4.74 Å². The van der Waals surface area contributed by atoms with Gasteiger partial charge in [-0.1, -0.05) is 12.1 Å². The quantitative estimate of drug-likeness (QED) is 0.773. The van der Waals surface area contributed by atoms with Crippen molar-refractivity contribution in [2.75, 3.05) is 20.2 Å². The van der Waals surface area contributed by atoms with Gasteiger partial charge in [-0.3, -0.25) is 4.79 Å². The lowest BCUT2D eigenvalue weighted by Crippen LogP contribution is -2.42. The summed E-state index contributed by atoms with van der Waals surface area (Å²) in [7, 11) is 1.66. The zero-order valence-electron chi connectivity index (χ0n) is 9.61. The fourth-order valence-corrected chi connectivity index (χ4v) is 1.80. The lowest BCUT2D eigenvalue weighted by atomic mass is 10.1. The van der Waals surface area contributed by atoms with Crippen LogP contribution in [-0.4, -0.2) is 31.0 Å². The summed E-state index contributed by atoms with van der Waals surface area (Å²) in [6, 6.07) is 7.90. The fourth-order valence-electron chi connectivity index (χ4n) is 1.80. The number of ether oxygens (including phenoxy) is 1. The average Bonchev–Trinajstić information content (AvgIpc) is 2.24. The third-order valence-corrected chi connectivity index (χ3v) is 2.97. The molecule has 1 heterocycles. The van der Waals surface area contributed by atoms with Crippen LogP contribution in [0, 0.1) is 0 Å². The third-order valence-electron chi connectivity index (χ3n) is 2.97. The second-order valence-corrected chi connectivity index (χ2v) is 4.09. The SMILES string of the molecule is COc1cccc(CCC(=O)N2CCC2)c1. The highest BCUT2D eigenvalue weighted by atomic mass is 16.5. The van der Waals surface area contributed by atoms with E-state index in [-0.39, 0.29) is 5.91 Å². The summed E-state index contributed by atoms with van der Waals surface area (Å²) in [5.74, 6) is 1.13. The molecule has 2 rings (SSSR count). The molecule has 0 unspecified atom stereocenters. The maximum Gasteiger partial charge on any atom is 0.222 e. The standard InChI is InChI=1S/C13H17NO2/c1-16-12-5-2-4-11(10-12)6-7-13(15)14-8-3-9-14/h2,4-5,10H,3,6-9H2,1H3. The first-order valence-corrected chi connectivity index (χ1v) is 5.70. The number of rotatable bonds is 4. The average molecular weight is 219 g/mol. The number of hydrogen-bond acceptors (Lipinski definition) is 2. The number of methoxy groups -OCH3 is 1. The van der Waals surface area contributed by atoms with E-state index in [1.54, 1.807) is 7.11 Å². The molecule has 0 bridgehead atoms. The van der Waals surface area contributed by atoms with Crippen molar-refractivity contribution < 1.29 is 9.53 Å². The van der Waals surface area contributed by atoms with Crippen LogP contribution in [0.3, 0.4) is 0 Å². The first-order chi connectivity index (χ1) is 7.79. The van der Waals surface area contributed by atoms with E-state index in [1.165, 1.54) is 0 Å². The maximum atomic E-state index is 11.6. The molecule has 0 spiro atoms. The van der Waals surface area contributed by atoms with E-state index in [0.29, 0.717) is 6.42 Å². The fraction of sp³-hybridized carbons (Fsp3) is 0.462. The van der Waals surface area contributed by atoms with Gasteiger partial charge >= 0.3 is 0 Å². The van der Waals surface area contributed by atoms with Gasteiger partial charge in [-0.15, -0.1) is 0 Å². The van der Waals surface area contributed by atoms with Gasteiger partial charge in [0.05, 0.1) is 7.11 Å². The number of likely N-dealkylation sites (tertiary alicyclic amines) is 1. The zero-order valence-corrected chi connectivity index (χ0v) is 9.61. The molecule has 0 N–H and O–H groups in total. The van der Waals surface area contributed by atoms with Crippen LogP contribution in [0.1, 0.15) is 18.4 Å². The predicted octanol–water partition coefficient (Wildman–Crippen LogP) is 1.86. The molecule has 16 heavy (non-hydrogen) atoms. The van der Waals surface area contributed by atoms with Gasteiger partial charge in [-0.2, -0.15) is 0 Å². The van der Waals surface area contributed by atoms with Crippen molar-refractivity contribution in [1.29, 1.82) is 0 Å². The van der Waals surface area contributed by atoms with Crippen molar-refractivity contribution in [2.45, 2.75) is 19.3 Å². The summed E-state index contributed by atoms with van der Waals surface area (Å²) in [5.41, 5.74) is 1.16. The maximum absolute atomic E-state index is 11.6. The van der Waals surface area contributed by atoms with E-state index in [0.717, 1.165) is 37.2 Å². The molecule has 1 aromatic carbocycles. The van der Waals surface area contributed by atoms with Crippen LogP contribution in [0.4, 0.5) is 0 Å². The minimum atomic E-state index is 0.272. The van der Waals surface area contributed by atoms with Gasteiger partial charge < -0.3 is 9.64 Å². The summed E-state index contributed by atoms with van der Waals surface area (Å²) < 4.78 is 5.15. The molecule has 3 nitrogen and oxygen atoms in total. The van der Waals surface area contributed by atoms with Gasteiger partial charge in [0, 0.05) is 19.5 Å². The van der Waals surface area contributed by atoms with Crippen molar-refractivity contribution in [3.05, 3.63) is 29.8 Å². The lowest BCUT2D eigenvalue weighted by molar-refractivity contribution is -0.134. The predicted molar refractivity (Wildman–Crippen MR) is 62.5 cm³/mol. The number of carbonyl (C=O) groups is 1. The number of carbonyl (C=O) groups excluding carboxylic acids is 1. The van der Waals surface area contributed by atoms with Crippen molar-refractivity contribution in [3.8, 4) is 5.75 Å². The monoisotopic (exact) mass is 219 g/mol. The Hall–Kier alpha value is -1.51. The zero-order chi connectivity index (χ0) is 11.4. The number of amides is 1. The van der Waals surface area contributed by atoms with Gasteiger partial charge in [-0.25, -0.2) is 0 Å². The summed E-state index contributed by atoms with van der Waals surface area (Å²) in [6.45, 7) is 1.88. The molecule has 0 aromatic heterocycles. The minimum Gasteiger partial charge on any atom is -0.497 e. The molecule has 1 aliphatic heterocycles. The minimum absolute atomic E-state index is 0.272. The Kier molecular flexibility index (Phi) is 3.44. The molecule has 3 heteroatoms. The summed E-state index contributed by atoms with van der Waals surface area (Å²) >= 11 is 0. The van der Waals surface area contributed by atoms with Crippen LogP contribution >= 0.6 is 0 Å². The van der Waals surface area contributed by atoms with E-state index in [1.807, 2.05) is 29.2 Å². The Morgan fingerprint density at radius 3 is 2.88 bits per heavy atom. The molecule has 1 aromatic rings. The number of benzene rings is 1. The second kappa shape index (κ2) is 5.01. The second-order valence-electron chi connectivity index (χ2n) is 4.09. The van der Waals surface area contributed by atoms with Crippen LogP contribution in [0.25, 0.3) is 0 Å². The molecule has 0 saturated carbocycles. The lowest BCUT2D eigenvalue weighted by Gasteiger charge is -2.30. The smallest absolute Gasteiger partial charge is 0.222 e. The summed E-state index contributed by atoms with van der Waals surface area (Å²) in [4.78, 5) is 13.6. The molecule has 1 fully saturated rings. The number of aryl methyl sites for hydroxylation is 1. The molecule has 1 amide bonds. The Labute approximate surface area is 96.0 Å². The Morgan fingerprint density at radius 1 is 1.44 bits per heavy atom. The largest absolute Gasteiger partial charge is 0.497 e. The van der Waals surface area contributed by atoms with Crippen LogP contribution in [0.2, 0.25) is 0 Å². The highest BCUT2D eigenvalue weighted by Gasteiger charge is 2.19. The van der Waals surface area contributed by atoms with Crippen molar-refractivity contribution in [2.24, 2.45) is 0 Å². The molecule has 0 atom stereocenters. The van der Waals surface area contributed by atoms with Crippen LogP contribution in [-0.2, 0) is 11.2 Å². The first-order valence-electron chi connectivity index (χ1n) is 5.70. The summed E-state index contributed by atoms with van der Waals surface area (Å²) in [5, 5.41) is 0. The van der Waals surface area contributed by atoms with Crippen LogP contribution in [0.5, 0.6) is 5.75 Å². The third kappa shape index (κ3) is 2.54. The van der Waals surface area contributed by atoms with Crippen LogP contribution < -0.4 is 4.74 Å². The van der Waals surface area contributed by atoms with Gasteiger partial charge in [-0.05, 0) is 30.5 Å². The molecule has 0 aliphatic carbocycles. The van der Waals surface area contributed by atoms with E-state index < -0.39 is 0 Å². The molecule has 86 valence electrons. The first kappa shape index (κ1) is 11.0. The Bertz CT molecular complexity index is 372. The molecule has 0 radical (unpaired) electrons. The normalized spacial score (nSPS) is 14.4. The summed E-state index contributed by atoms with van der Waals surface area (Å²) in [6.07, 6.45) is 2.56. The van der Waals surface area contributed by atoms with Gasteiger partial charge in [0.25, 0.3) is 0 Å². The van der Waals surface area contributed by atoms with Crippen molar-refractivity contribution in [3.63, 3.8) is 0 Å². The highest BCUT2D eigenvalue weighted by Crippen LogP contribution is 2.15. The van der Waals surface area contributed by atoms with Gasteiger partial charge in [0.1, 0.15) is 5.75 Å². The van der Waals surface area contributed by atoms with Gasteiger partial charge in [0.15, 0.2) is 0 Å². The Morgan fingerprint density at radius 2 is 2.25 bits per heavy atom. The van der Waals surface area contributed by atoms with E-state index in [9.17, 15) is 4.79 Å².